The molecule has 3 aliphatic rings. The number of fused-ring (bicyclic) bond motifs is 2. The lowest BCUT2D eigenvalue weighted by Gasteiger charge is -2.29. The predicted molar refractivity (Wildman–Crippen MR) is 73.6 cm³/mol. The molecule has 0 aromatic rings. The Morgan fingerprint density at radius 2 is 2.00 bits per heavy atom. The second-order valence-electron chi connectivity index (χ2n) is 6.81. The quantitative estimate of drug-likeness (QED) is 0.778. The molecular weight excluding hydrogens is 246 g/mol. The lowest BCUT2D eigenvalue weighted by molar-refractivity contribution is -0.124. The molecule has 2 nitrogen and oxygen atoms in total. The number of hydrogen-bond donors (Lipinski definition) is 1. The van der Waals surface area contributed by atoms with Gasteiger partial charge in [-0.15, -0.1) is 11.6 Å². The van der Waals surface area contributed by atoms with E-state index in [1.165, 1.54) is 38.5 Å². The van der Waals surface area contributed by atoms with Crippen LogP contribution >= 0.6 is 11.6 Å². The first-order valence-electron chi connectivity index (χ1n) is 7.58. The van der Waals surface area contributed by atoms with Crippen LogP contribution in [0.4, 0.5) is 0 Å². The molecule has 102 valence electrons. The van der Waals surface area contributed by atoms with Crippen molar-refractivity contribution in [1.29, 1.82) is 0 Å². The average molecular weight is 270 g/mol. The molecule has 3 unspecified atom stereocenters. The van der Waals surface area contributed by atoms with Gasteiger partial charge in [0.25, 0.3) is 0 Å². The molecule has 2 bridgehead atoms. The maximum absolute atomic E-state index is 12.2. The smallest absolute Gasteiger partial charge is 0.220 e. The van der Waals surface area contributed by atoms with Crippen LogP contribution < -0.4 is 5.32 Å². The van der Waals surface area contributed by atoms with E-state index in [1.807, 2.05) is 0 Å². The Bertz CT molecular complexity index is 324. The highest BCUT2D eigenvalue weighted by Gasteiger charge is 2.41. The number of hydrogen-bond acceptors (Lipinski definition) is 1. The van der Waals surface area contributed by atoms with E-state index in [9.17, 15) is 4.79 Å². The number of halogens is 1. The molecule has 0 radical (unpaired) electrons. The minimum atomic E-state index is -0.0732. The zero-order valence-corrected chi connectivity index (χ0v) is 11.8. The largest absolute Gasteiger partial charge is 0.349 e. The molecule has 0 saturated heterocycles. The van der Waals surface area contributed by atoms with Crippen molar-refractivity contribution in [3.05, 3.63) is 0 Å². The zero-order chi connectivity index (χ0) is 12.6. The molecule has 0 spiro atoms. The van der Waals surface area contributed by atoms with Crippen molar-refractivity contribution in [2.45, 2.75) is 63.3 Å². The molecule has 3 fully saturated rings. The lowest BCUT2D eigenvalue weighted by atomic mass is 9.86. The summed E-state index contributed by atoms with van der Waals surface area (Å²) in [5, 5.41) is 3.26. The fraction of sp³-hybridized carbons (Fsp3) is 0.933. The number of carbonyl (C=O) groups excluding carboxylic acids is 1. The van der Waals surface area contributed by atoms with Gasteiger partial charge < -0.3 is 5.32 Å². The summed E-state index contributed by atoms with van der Waals surface area (Å²) < 4.78 is 0. The summed E-state index contributed by atoms with van der Waals surface area (Å²) in [5.41, 5.74) is -0.0732. The van der Waals surface area contributed by atoms with Gasteiger partial charge in [0.1, 0.15) is 0 Å². The minimum Gasteiger partial charge on any atom is -0.349 e. The second kappa shape index (κ2) is 5.03. The molecular formula is C15H24ClNO. The molecule has 0 aromatic carbocycles. The number of nitrogens with one attached hydrogen (secondary N) is 1. The first kappa shape index (κ1) is 12.8. The molecule has 1 N–H and O–H groups in total. The van der Waals surface area contributed by atoms with E-state index in [0.29, 0.717) is 11.8 Å². The van der Waals surface area contributed by atoms with Gasteiger partial charge >= 0.3 is 0 Å². The molecule has 3 heteroatoms. The summed E-state index contributed by atoms with van der Waals surface area (Å²) in [6.45, 7) is 0. The van der Waals surface area contributed by atoms with E-state index in [1.54, 1.807) is 0 Å². The van der Waals surface area contributed by atoms with Crippen LogP contribution in [-0.4, -0.2) is 17.3 Å². The molecule has 1 amide bonds. The Morgan fingerprint density at radius 1 is 1.22 bits per heavy atom. The number of carbonyl (C=O) groups is 1. The highest BCUT2D eigenvalue weighted by Crippen LogP contribution is 2.49. The molecule has 18 heavy (non-hydrogen) atoms. The summed E-state index contributed by atoms with van der Waals surface area (Å²) in [5.74, 6) is 3.28. The van der Waals surface area contributed by atoms with Crippen molar-refractivity contribution in [2.24, 2.45) is 17.8 Å². The van der Waals surface area contributed by atoms with E-state index in [-0.39, 0.29) is 11.4 Å². The van der Waals surface area contributed by atoms with Gasteiger partial charge in [0.15, 0.2) is 0 Å². The van der Waals surface area contributed by atoms with Gasteiger partial charge in [-0.05, 0) is 49.9 Å². The van der Waals surface area contributed by atoms with E-state index in [4.69, 9.17) is 11.6 Å². The third-order valence-corrected chi connectivity index (χ3v) is 6.06. The Labute approximate surface area is 115 Å². The summed E-state index contributed by atoms with van der Waals surface area (Å²) in [6, 6.07) is 0. The SMILES string of the molecule is O=C(CC1CC2CCC1C2)NC1(CCl)CCCC1. The van der Waals surface area contributed by atoms with Crippen LogP contribution in [0.2, 0.25) is 0 Å². The fourth-order valence-corrected chi connectivity index (χ4v) is 4.89. The summed E-state index contributed by atoms with van der Waals surface area (Å²) in [4.78, 5) is 12.2. The third kappa shape index (κ3) is 2.41. The number of rotatable bonds is 4. The Kier molecular flexibility index (Phi) is 3.57. The second-order valence-corrected chi connectivity index (χ2v) is 7.08. The summed E-state index contributed by atoms with van der Waals surface area (Å²) in [7, 11) is 0. The monoisotopic (exact) mass is 269 g/mol. The zero-order valence-electron chi connectivity index (χ0n) is 11.1. The summed E-state index contributed by atoms with van der Waals surface area (Å²) >= 11 is 6.07. The first-order valence-corrected chi connectivity index (χ1v) is 8.11. The normalized spacial score (nSPS) is 37.1. The predicted octanol–water partition coefficient (Wildman–Crippen LogP) is 3.48. The number of alkyl halides is 1. The fourth-order valence-electron chi connectivity index (χ4n) is 4.56. The minimum absolute atomic E-state index is 0.0732. The third-order valence-electron chi connectivity index (χ3n) is 5.55. The Morgan fingerprint density at radius 3 is 2.56 bits per heavy atom. The molecule has 0 heterocycles. The summed E-state index contributed by atoms with van der Waals surface area (Å²) in [6.07, 6.45) is 10.8. The number of amides is 1. The molecule has 3 aliphatic carbocycles. The van der Waals surface area contributed by atoms with E-state index in [2.05, 4.69) is 5.32 Å². The van der Waals surface area contributed by atoms with Crippen LogP contribution in [0, 0.1) is 17.8 Å². The van der Waals surface area contributed by atoms with Gasteiger partial charge in [0.05, 0.1) is 5.54 Å². The van der Waals surface area contributed by atoms with Crippen molar-refractivity contribution in [3.8, 4) is 0 Å². The molecule has 3 saturated carbocycles. The maximum atomic E-state index is 12.2. The van der Waals surface area contributed by atoms with Gasteiger partial charge in [-0.1, -0.05) is 19.3 Å². The van der Waals surface area contributed by atoms with Gasteiger partial charge in [0, 0.05) is 12.3 Å². The average Bonchev–Trinajstić information content (AvgIpc) is 3.04. The van der Waals surface area contributed by atoms with E-state index in [0.717, 1.165) is 31.1 Å². The van der Waals surface area contributed by atoms with E-state index >= 15 is 0 Å². The lowest BCUT2D eigenvalue weighted by Crippen LogP contribution is -2.48. The van der Waals surface area contributed by atoms with Crippen molar-refractivity contribution in [1.82, 2.24) is 5.32 Å². The standard InChI is InChI=1S/C15H24ClNO/c16-10-15(5-1-2-6-15)17-14(18)9-13-8-11-3-4-12(13)7-11/h11-13H,1-10H2,(H,17,18). The van der Waals surface area contributed by atoms with Crippen LogP contribution in [0.25, 0.3) is 0 Å². The molecule has 3 atom stereocenters. The molecule has 0 aliphatic heterocycles. The van der Waals surface area contributed by atoms with Gasteiger partial charge in [0.2, 0.25) is 5.91 Å². The molecule has 0 aromatic heterocycles. The Balaban J connectivity index is 1.52. The van der Waals surface area contributed by atoms with Crippen molar-refractivity contribution >= 4 is 17.5 Å². The van der Waals surface area contributed by atoms with Crippen molar-refractivity contribution in [3.63, 3.8) is 0 Å². The molecule has 3 rings (SSSR count). The first-order chi connectivity index (χ1) is 8.71. The van der Waals surface area contributed by atoms with Crippen LogP contribution in [0.15, 0.2) is 0 Å². The highest BCUT2D eigenvalue weighted by atomic mass is 35.5. The van der Waals surface area contributed by atoms with Crippen molar-refractivity contribution < 1.29 is 4.79 Å². The van der Waals surface area contributed by atoms with Crippen LogP contribution in [0.3, 0.4) is 0 Å². The topological polar surface area (TPSA) is 29.1 Å². The van der Waals surface area contributed by atoms with Gasteiger partial charge in [-0.3, -0.25) is 4.79 Å². The van der Waals surface area contributed by atoms with Crippen molar-refractivity contribution in [2.75, 3.05) is 5.88 Å². The Hall–Kier alpha value is -0.240. The van der Waals surface area contributed by atoms with Crippen LogP contribution in [-0.2, 0) is 4.79 Å². The van der Waals surface area contributed by atoms with Gasteiger partial charge in [-0.25, -0.2) is 0 Å². The maximum Gasteiger partial charge on any atom is 0.220 e. The van der Waals surface area contributed by atoms with Crippen LogP contribution in [0.1, 0.15) is 57.8 Å². The highest BCUT2D eigenvalue weighted by molar-refractivity contribution is 6.18. The van der Waals surface area contributed by atoms with Gasteiger partial charge in [-0.2, -0.15) is 0 Å². The van der Waals surface area contributed by atoms with Crippen LogP contribution in [0.5, 0.6) is 0 Å². The van der Waals surface area contributed by atoms with E-state index < -0.39 is 0 Å².